The predicted molar refractivity (Wildman–Crippen MR) is 96.2 cm³/mol. The van der Waals surface area contributed by atoms with E-state index < -0.39 is 4.92 Å². The third kappa shape index (κ3) is 4.56. The molecule has 26 heavy (non-hydrogen) atoms. The number of carbonyl (C=O) groups is 1. The van der Waals surface area contributed by atoms with E-state index in [0.717, 1.165) is 18.4 Å². The maximum atomic E-state index is 13.0. The lowest BCUT2D eigenvalue weighted by Gasteiger charge is -2.23. The Labute approximate surface area is 150 Å². The third-order valence-corrected chi connectivity index (χ3v) is 4.33. The molecule has 0 spiro atoms. The van der Waals surface area contributed by atoms with Gasteiger partial charge in [-0.2, -0.15) is 0 Å². The van der Waals surface area contributed by atoms with Crippen molar-refractivity contribution in [1.29, 1.82) is 0 Å². The molecule has 1 aliphatic rings. The van der Waals surface area contributed by atoms with Crippen molar-refractivity contribution in [3.63, 3.8) is 0 Å². The van der Waals surface area contributed by atoms with Gasteiger partial charge >= 0.3 is 0 Å². The normalized spacial score (nSPS) is 13.3. The van der Waals surface area contributed by atoms with Gasteiger partial charge < -0.3 is 10.2 Å². The van der Waals surface area contributed by atoms with E-state index in [9.17, 15) is 19.3 Å². The van der Waals surface area contributed by atoms with Gasteiger partial charge in [0.2, 0.25) is 5.91 Å². The number of halogens is 1. The van der Waals surface area contributed by atoms with E-state index in [1.807, 2.05) is 4.90 Å². The maximum Gasteiger partial charge on any atom is 0.292 e. The summed E-state index contributed by atoms with van der Waals surface area (Å²) in [4.78, 5) is 25.0. The molecule has 0 unspecified atom stereocenters. The van der Waals surface area contributed by atoms with Crippen LogP contribution >= 0.6 is 0 Å². The first-order valence-electron chi connectivity index (χ1n) is 8.56. The second kappa shape index (κ2) is 7.95. The van der Waals surface area contributed by atoms with Gasteiger partial charge in [-0.15, -0.1) is 0 Å². The largest absolute Gasteiger partial charge is 0.379 e. The fourth-order valence-corrected chi connectivity index (χ4v) is 2.82. The number of anilines is 1. The molecule has 6 nitrogen and oxygen atoms in total. The van der Waals surface area contributed by atoms with Crippen molar-refractivity contribution in [2.45, 2.75) is 31.8 Å². The number of benzene rings is 2. The van der Waals surface area contributed by atoms with Gasteiger partial charge in [0.15, 0.2) is 0 Å². The Kier molecular flexibility index (Phi) is 5.46. The topological polar surface area (TPSA) is 75.5 Å². The molecule has 136 valence electrons. The first-order valence-corrected chi connectivity index (χ1v) is 8.56. The average Bonchev–Trinajstić information content (AvgIpc) is 3.46. The van der Waals surface area contributed by atoms with Gasteiger partial charge in [0, 0.05) is 31.6 Å². The molecule has 0 saturated heterocycles. The van der Waals surface area contributed by atoms with Crippen LogP contribution in [0.2, 0.25) is 0 Å². The summed E-state index contributed by atoms with van der Waals surface area (Å²) >= 11 is 0. The molecule has 2 aromatic carbocycles. The maximum absolute atomic E-state index is 13.0. The van der Waals surface area contributed by atoms with Crippen LogP contribution in [0.15, 0.2) is 48.5 Å². The number of nitro groups is 1. The number of hydrogen-bond donors (Lipinski definition) is 1. The molecule has 1 N–H and O–H groups in total. The Bertz CT molecular complexity index is 791. The summed E-state index contributed by atoms with van der Waals surface area (Å²) in [6.07, 6.45) is 2.19. The van der Waals surface area contributed by atoms with Crippen molar-refractivity contribution in [1.82, 2.24) is 4.90 Å². The van der Waals surface area contributed by atoms with Crippen molar-refractivity contribution in [3.8, 4) is 0 Å². The monoisotopic (exact) mass is 357 g/mol. The molecule has 1 fully saturated rings. The zero-order valence-corrected chi connectivity index (χ0v) is 14.2. The molecule has 7 heteroatoms. The number of para-hydroxylation sites is 2. The molecule has 1 aliphatic carbocycles. The van der Waals surface area contributed by atoms with Crippen LogP contribution in [-0.4, -0.2) is 28.3 Å². The van der Waals surface area contributed by atoms with Crippen molar-refractivity contribution < 1.29 is 14.1 Å². The second-order valence-corrected chi connectivity index (χ2v) is 6.33. The minimum absolute atomic E-state index is 0.00897. The van der Waals surface area contributed by atoms with Crippen molar-refractivity contribution in [2.75, 3.05) is 11.9 Å². The quantitative estimate of drug-likeness (QED) is 0.577. The zero-order valence-electron chi connectivity index (χ0n) is 14.2. The number of carbonyl (C=O) groups excluding carboxylic acids is 1. The first kappa shape index (κ1) is 17.8. The summed E-state index contributed by atoms with van der Waals surface area (Å²) in [5, 5.41) is 14.0. The van der Waals surface area contributed by atoms with E-state index in [1.54, 1.807) is 30.3 Å². The summed E-state index contributed by atoms with van der Waals surface area (Å²) in [5.41, 5.74) is 1.28. The van der Waals surface area contributed by atoms with Crippen LogP contribution in [0.4, 0.5) is 15.8 Å². The van der Waals surface area contributed by atoms with Crippen molar-refractivity contribution >= 4 is 17.3 Å². The van der Waals surface area contributed by atoms with E-state index >= 15 is 0 Å². The summed E-state index contributed by atoms with van der Waals surface area (Å²) in [6.45, 7) is 0.769. The standard InChI is InChI=1S/C19H20FN3O3/c20-15-7-5-14(6-8-15)13-22(16-9-10-16)19(24)11-12-21-17-3-1-2-4-18(17)23(25)26/h1-8,16,21H,9-13H2. The molecule has 1 saturated carbocycles. The van der Waals surface area contributed by atoms with Crippen molar-refractivity contribution in [2.24, 2.45) is 0 Å². The molecule has 1 amide bonds. The van der Waals surface area contributed by atoms with Gasteiger partial charge in [0.05, 0.1) is 4.92 Å². The summed E-state index contributed by atoms with van der Waals surface area (Å²) in [5.74, 6) is -0.311. The number of amides is 1. The molecule has 0 aliphatic heterocycles. The Morgan fingerprint density at radius 2 is 1.88 bits per heavy atom. The van der Waals surface area contributed by atoms with Gasteiger partial charge in [-0.1, -0.05) is 24.3 Å². The van der Waals surface area contributed by atoms with Crippen LogP contribution in [-0.2, 0) is 11.3 Å². The fourth-order valence-electron chi connectivity index (χ4n) is 2.82. The number of nitro benzene ring substituents is 1. The molecule has 0 aromatic heterocycles. The van der Waals surface area contributed by atoms with E-state index in [0.29, 0.717) is 18.8 Å². The van der Waals surface area contributed by atoms with Gasteiger partial charge in [-0.3, -0.25) is 14.9 Å². The Morgan fingerprint density at radius 1 is 1.19 bits per heavy atom. The highest BCUT2D eigenvalue weighted by atomic mass is 19.1. The minimum Gasteiger partial charge on any atom is -0.379 e. The van der Waals surface area contributed by atoms with Crippen LogP contribution in [0.5, 0.6) is 0 Å². The van der Waals surface area contributed by atoms with Crippen molar-refractivity contribution in [3.05, 3.63) is 70.0 Å². The number of nitrogens with zero attached hydrogens (tertiary/aromatic N) is 2. The van der Waals surface area contributed by atoms with E-state index in [-0.39, 0.29) is 29.9 Å². The molecule has 3 rings (SSSR count). The lowest BCUT2D eigenvalue weighted by atomic mass is 10.2. The molecule has 0 radical (unpaired) electrons. The van der Waals surface area contributed by atoms with Gasteiger partial charge in [0.25, 0.3) is 5.69 Å². The van der Waals surface area contributed by atoms with Crippen LogP contribution < -0.4 is 5.32 Å². The molecule has 0 heterocycles. The number of nitrogens with one attached hydrogen (secondary N) is 1. The zero-order chi connectivity index (χ0) is 18.5. The number of hydrogen-bond acceptors (Lipinski definition) is 4. The highest BCUT2D eigenvalue weighted by Crippen LogP contribution is 2.29. The Morgan fingerprint density at radius 3 is 2.54 bits per heavy atom. The van der Waals surface area contributed by atoms with Crippen LogP contribution in [0.25, 0.3) is 0 Å². The molecule has 0 bridgehead atoms. The summed E-state index contributed by atoms with van der Waals surface area (Å²) < 4.78 is 13.0. The first-order chi connectivity index (χ1) is 12.5. The second-order valence-electron chi connectivity index (χ2n) is 6.33. The number of rotatable bonds is 8. The minimum atomic E-state index is -0.449. The fraction of sp³-hybridized carbons (Fsp3) is 0.316. The lowest BCUT2D eigenvalue weighted by molar-refractivity contribution is -0.384. The molecular formula is C19H20FN3O3. The average molecular weight is 357 g/mol. The molecular weight excluding hydrogens is 337 g/mol. The highest BCUT2D eigenvalue weighted by Gasteiger charge is 2.32. The van der Waals surface area contributed by atoms with Gasteiger partial charge in [0.1, 0.15) is 11.5 Å². The summed E-state index contributed by atoms with van der Waals surface area (Å²) in [7, 11) is 0. The SMILES string of the molecule is O=C(CCNc1ccccc1[N+](=O)[O-])N(Cc1ccc(F)cc1)C1CC1. The van der Waals surface area contributed by atoms with Gasteiger partial charge in [-0.25, -0.2) is 4.39 Å². The highest BCUT2D eigenvalue weighted by molar-refractivity contribution is 5.77. The molecule has 0 atom stereocenters. The summed E-state index contributed by atoms with van der Waals surface area (Å²) in [6, 6.07) is 12.7. The lowest BCUT2D eigenvalue weighted by Crippen LogP contribution is -2.33. The van der Waals surface area contributed by atoms with Crippen LogP contribution in [0.3, 0.4) is 0 Å². The Hall–Kier alpha value is -2.96. The van der Waals surface area contributed by atoms with Crippen LogP contribution in [0.1, 0.15) is 24.8 Å². The van der Waals surface area contributed by atoms with E-state index in [2.05, 4.69) is 5.32 Å². The van der Waals surface area contributed by atoms with E-state index in [1.165, 1.54) is 18.2 Å². The predicted octanol–water partition coefficient (Wildman–Crippen LogP) is 3.73. The molecule has 2 aromatic rings. The smallest absolute Gasteiger partial charge is 0.292 e. The van der Waals surface area contributed by atoms with Gasteiger partial charge in [-0.05, 0) is 36.6 Å². The Balaban J connectivity index is 1.57. The third-order valence-electron chi connectivity index (χ3n) is 4.33. The van der Waals surface area contributed by atoms with E-state index in [4.69, 9.17) is 0 Å². The van der Waals surface area contributed by atoms with Crippen LogP contribution in [0, 0.1) is 15.9 Å².